The Morgan fingerprint density at radius 1 is 1.24 bits per heavy atom. The highest BCUT2D eigenvalue weighted by Crippen LogP contribution is 2.24. The molecule has 0 aliphatic heterocycles. The molecule has 0 fully saturated rings. The molecule has 0 unspecified atom stereocenters. The van der Waals surface area contributed by atoms with Gasteiger partial charge in [0.15, 0.2) is 0 Å². The van der Waals surface area contributed by atoms with Crippen LogP contribution in [0.4, 0.5) is 0 Å². The predicted molar refractivity (Wildman–Crippen MR) is 97.9 cm³/mol. The zero-order chi connectivity index (χ0) is 18.0. The van der Waals surface area contributed by atoms with E-state index in [1.54, 1.807) is 7.11 Å². The molecule has 5 nitrogen and oxygen atoms in total. The van der Waals surface area contributed by atoms with Gasteiger partial charge in [-0.05, 0) is 63.1 Å². The molecule has 1 amide bonds. The minimum absolute atomic E-state index is 0.115. The first-order valence-electron chi connectivity index (χ1n) is 8.44. The van der Waals surface area contributed by atoms with Crippen LogP contribution in [0.2, 0.25) is 0 Å². The zero-order valence-electron chi connectivity index (χ0n) is 15.1. The number of aryl methyl sites for hydroxylation is 3. The number of carbonyl (C=O) groups excluding carboxylic acids is 1. The maximum Gasteiger partial charge on any atom is 0.251 e. The van der Waals surface area contributed by atoms with Gasteiger partial charge in [0.2, 0.25) is 0 Å². The number of H-pyrrole nitrogens is 1. The molecule has 3 aromatic rings. The maximum atomic E-state index is 12.8. The first-order chi connectivity index (χ1) is 12.0. The molecule has 0 aliphatic carbocycles. The van der Waals surface area contributed by atoms with Gasteiger partial charge in [-0.15, -0.1) is 0 Å². The van der Waals surface area contributed by atoms with Gasteiger partial charge >= 0.3 is 0 Å². The van der Waals surface area contributed by atoms with Crippen LogP contribution in [-0.4, -0.2) is 24.6 Å². The van der Waals surface area contributed by atoms with Crippen LogP contribution in [0.25, 0.3) is 10.9 Å². The van der Waals surface area contributed by atoms with E-state index in [0.29, 0.717) is 18.6 Å². The molecule has 0 spiro atoms. The van der Waals surface area contributed by atoms with E-state index in [-0.39, 0.29) is 11.9 Å². The molecule has 1 aromatic carbocycles. The van der Waals surface area contributed by atoms with Crippen molar-refractivity contribution in [1.29, 1.82) is 0 Å². The largest absolute Gasteiger partial charge is 0.464 e. The summed E-state index contributed by atoms with van der Waals surface area (Å²) in [5, 5.41) is 4.14. The highest BCUT2D eigenvalue weighted by atomic mass is 16.5. The molecule has 0 saturated heterocycles. The van der Waals surface area contributed by atoms with Crippen molar-refractivity contribution in [1.82, 2.24) is 10.3 Å². The van der Waals surface area contributed by atoms with Crippen LogP contribution in [0.5, 0.6) is 0 Å². The quantitative estimate of drug-likeness (QED) is 0.707. The number of rotatable bonds is 6. The van der Waals surface area contributed by atoms with Crippen LogP contribution >= 0.6 is 0 Å². The second-order valence-corrected chi connectivity index (χ2v) is 6.39. The van der Waals surface area contributed by atoms with Crippen molar-refractivity contribution < 1.29 is 13.9 Å². The van der Waals surface area contributed by atoms with Crippen LogP contribution in [-0.2, 0) is 4.74 Å². The third-order valence-electron chi connectivity index (χ3n) is 4.59. The Labute approximate surface area is 147 Å². The van der Waals surface area contributed by atoms with Crippen LogP contribution in [0, 0.1) is 20.8 Å². The van der Waals surface area contributed by atoms with E-state index in [0.717, 1.165) is 28.1 Å². The number of hydrogen-bond acceptors (Lipinski definition) is 3. The lowest BCUT2D eigenvalue weighted by molar-refractivity contribution is 0.0917. The molecule has 2 heterocycles. The number of aromatic nitrogens is 1. The van der Waals surface area contributed by atoms with Crippen LogP contribution in [0.15, 0.2) is 34.7 Å². The van der Waals surface area contributed by atoms with E-state index >= 15 is 0 Å². The lowest BCUT2D eigenvalue weighted by Crippen LogP contribution is -2.29. The molecule has 2 N–H and O–H groups in total. The van der Waals surface area contributed by atoms with Crippen LogP contribution in [0.3, 0.4) is 0 Å². The third-order valence-corrected chi connectivity index (χ3v) is 4.59. The Balaban J connectivity index is 1.84. The fourth-order valence-electron chi connectivity index (χ4n) is 3.01. The summed E-state index contributed by atoms with van der Waals surface area (Å²) in [6.07, 6.45) is 0.653. The predicted octanol–water partition coefficient (Wildman–Crippen LogP) is 4.19. The number of hydrogen-bond donors (Lipinski definition) is 2. The van der Waals surface area contributed by atoms with Crippen LogP contribution in [0.1, 0.15) is 45.6 Å². The Morgan fingerprint density at radius 2 is 2.04 bits per heavy atom. The van der Waals surface area contributed by atoms with Gasteiger partial charge in [-0.3, -0.25) is 4.79 Å². The molecule has 1 atom stereocenters. The van der Waals surface area contributed by atoms with Crippen LogP contribution < -0.4 is 5.32 Å². The summed E-state index contributed by atoms with van der Waals surface area (Å²) in [6.45, 7) is 6.53. The van der Waals surface area contributed by atoms with E-state index in [1.165, 1.54) is 5.56 Å². The van der Waals surface area contributed by atoms with Crippen molar-refractivity contribution in [2.45, 2.75) is 33.2 Å². The number of furan rings is 1. The Kier molecular flexibility index (Phi) is 4.95. The summed E-state index contributed by atoms with van der Waals surface area (Å²) >= 11 is 0. The Bertz CT molecular complexity index is 892. The summed E-state index contributed by atoms with van der Waals surface area (Å²) in [4.78, 5) is 16.1. The minimum Gasteiger partial charge on any atom is -0.464 e. The van der Waals surface area contributed by atoms with Gasteiger partial charge < -0.3 is 19.5 Å². The molecular formula is C20H24N2O3. The summed E-state index contributed by atoms with van der Waals surface area (Å²) in [5.74, 6) is 1.46. The molecule has 5 heteroatoms. The molecule has 3 rings (SSSR count). The number of aromatic amines is 1. The average Bonchev–Trinajstić information content (AvgIpc) is 3.15. The van der Waals surface area contributed by atoms with E-state index < -0.39 is 0 Å². The maximum absolute atomic E-state index is 12.8. The summed E-state index contributed by atoms with van der Waals surface area (Å²) in [6, 6.07) is 9.31. The molecule has 2 aromatic heterocycles. The zero-order valence-corrected chi connectivity index (χ0v) is 15.1. The first kappa shape index (κ1) is 17.3. The van der Waals surface area contributed by atoms with Gasteiger partial charge in [-0.2, -0.15) is 0 Å². The molecule has 0 saturated carbocycles. The number of fused-ring (bicyclic) bond motifs is 1. The second kappa shape index (κ2) is 7.15. The molecule has 0 bridgehead atoms. The number of benzene rings is 1. The summed E-state index contributed by atoms with van der Waals surface area (Å²) in [5.41, 5.74) is 3.98. The van der Waals surface area contributed by atoms with Crippen molar-refractivity contribution in [2.75, 3.05) is 13.7 Å². The molecule has 132 valence electrons. The fraction of sp³-hybridized carbons (Fsp3) is 0.350. The number of methoxy groups -OCH3 is 1. The van der Waals surface area contributed by atoms with Crippen molar-refractivity contribution >= 4 is 16.8 Å². The Hall–Kier alpha value is -2.53. The molecular weight excluding hydrogens is 316 g/mol. The van der Waals surface area contributed by atoms with Crippen molar-refractivity contribution in [2.24, 2.45) is 0 Å². The summed E-state index contributed by atoms with van der Waals surface area (Å²) in [7, 11) is 1.65. The summed E-state index contributed by atoms with van der Waals surface area (Å²) < 4.78 is 10.9. The fourth-order valence-corrected chi connectivity index (χ4v) is 3.01. The van der Waals surface area contributed by atoms with Crippen molar-refractivity contribution in [3.63, 3.8) is 0 Å². The lowest BCUT2D eigenvalue weighted by Gasteiger charge is -2.16. The topological polar surface area (TPSA) is 67.3 Å². The SMILES string of the molecule is COCC[C@@H](NC(=O)c1ccc2[nH]c(C)c(C)c2c1)c1ccc(C)o1. The minimum atomic E-state index is -0.217. The molecule has 0 radical (unpaired) electrons. The van der Waals surface area contributed by atoms with Gasteiger partial charge in [-0.1, -0.05) is 0 Å². The van der Waals surface area contributed by atoms with Gasteiger partial charge in [0.25, 0.3) is 5.91 Å². The lowest BCUT2D eigenvalue weighted by atomic mass is 10.1. The van der Waals surface area contributed by atoms with Gasteiger partial charge in [-0.25, -0.2) is 0 Å². The number of ether oxygens (including phenoxy) is 1. The van der Waals surface area contributed by atoms with E-state index in [1.807, 2.05) is 44.2 Å². The standard InChI is InChI=1S/C20H24N2O3/c1-12-5-8-19(25-12)18(9-10-24-4)22-20(23)15-6-7-17-16(11-15)13(2)14(3)21-17/h5-8,11,18,21H,9-10H2,1-4H3,(H,22,23)/t18-/m1/s1. The molecule has 25 heavy (non-hydrogen) atoms. The molecule has 0 aliphatic rings. The van der Waals surface area contributed by atoms with Crippen molar-refractivity contribution in [3.8, 4) is 0 Å². The van der Waals surface area contributed by atoms with E-state index in [9.17, 15) is 4.79 Å². The Morgan fingerprint density at radius 3 is 2.72 bits per heavy atom. The van der Waals surface area contributed by atoms with Gasteiger partial charge in [0.1, 0.15) is 11.5 Å². The normalized spacial score (nSPS) is 12.5. The van der Waals surface area contributed by atoms with Gasteiger partial charge in [0, 0.05) is 35.9 Å². The first-order valence-corrected chi connectivity index (χ1v) is 8.44. The highest BCUT2D eigenvalue weighted by molar-refractivity contribution is 5.99. The van der Waals surface area contributed by atoms with Crippen molar-refractivity contribution in [3.05, 3.63) is 58.7 Å². The van der Waals surface area contributed by atoms with E-state index in [4.69, 9.17) is 9.15 Å². The number of nitrogens with one attached hydrogen (secondary N) is 2. The number of amides is 1. The smallest absolute Gasteiger partial charge is 0.251 e. The highest BCUT2D eigenvalue weighted by Gasteiger charge is 2.19. The average molecular weight is 340 g/mol. The third kappa shape index (κ3) is 3.61. The van der Waals surface area contributed by atoms with Gasteiger partial charge in [0.05, 0.1) is 6.04 Å². The monoisotopic (exact) mass is 340 g/mol. The number of carbonyl (C=O) groups is 1. The van der Waals surface area contributed by atoms with E-state index in [2.05, 4.69) is 17.2 Å². The second-order valence-electron chi connectivity index (χ2n) is 6.39.